The number of hydrogen-bond acceptors (Lipinski definition) is 7. The lowest BCUT2D eigenvalue weighted by atomic mass is 9.63. The van der Waals surface area contributed by atoms with Gasteiger partial charge in [-0.05, 0) is 145 Å². The summed E-state index contributed by atoms with van der Waals surface area (Å²) in [5.74, 6) is 0. The predicted octanol–water partition coefficient (Wildman–Crippen LogP) is 17.4. The van der Waals surface area contributed by atoms with Crippen LogP contribution in [0.5, 0.6) is 0 Å². The summed E-state index contributed by atoms with van der Waals surface area (Å²) >= 11 is 1.85. The SMILES string of the molecule is c1cncc(C2(c3ccncc3)c3ccccc3N(c3cc4c5ccccc5c(N5c6ccccc6C(c6cccnc6)(c6cccnc6)c6cc7c(cc65)sc5ccccc57)cc4c4ccccc34)c3ccccc32)c1. The summed E-state index contributed by atoms with van der Waals surface area (Å²) in [6.07, 6.45) is 15.5. The molecule has 0 saturated heterocycles. The summed E-state index contributed by atoms with van der Waals surface area (Å²) in [5.41, 5.74) is 14.3. The van der Waals surface area contributed by atoms with E-state index in [1.54, 1.807) is 0 Å². The fourth-order valence-corrected chi connectivity index (χ4v) is 14.6. The molecule has 7 heteroatoms. The molecule has 0 radical (unpaired) electrons. The molecule has 5 aromatic heterocycles. The molecule has 14 aromatic rings. The summed E-state index contributed by atoms with van der Waals surface area (Å²) in [4.78, 5) is 23.9. The zero-order chi connectivity index (χ0) is 50.7. The fraction of sp³-hybridized carbons (Fsp3) is 0.0286. The largest absolute Gasteiger partial charge is 0.309 e. The van der Waals surface area contributed by atoms with Gasteiger partial charge in [0.05, 0.1) is 45.0 Å². The maximum Gasteiger partial charge on any atom is 0.0772 e. The molecule has 0 saturated carbocycles. The van der Waals surface area contributed by atoms with Gasteiger partial charge in [-0.15, -0.1) is 11.3 Å². The number of aromatic nitrogens is 4. The molecule has 0 fully saturated rings. The Morgan fingerprint density at radius 2 is 0.688 bits per heavy atom. The van der Waals surface area contributed by atoms with Gasteiger partial charge >= 0.3 is 0 Å². The van der Waals surface area contributed by atoms with Gasteiger partial charge < -0.3 is 9.80 Å². The van der Waals surface area contributed by atoms with Crippen molar-refractivity contribution in [2.45, 2.75) is 10.8 Å². The predicted molar refractivity (Wildman–Crippen MR) is 316 cm³/mol. The first kappa shape index (κ1) is 43.6. The minimum Gasteiger partial charge on any atom is -0.309 e. The van der Waals surface area contributed by atoms with Gasteiger partial charge in [-0.2, -0.15) is 0 Å². The third kappa shape index (κ3) is 6.06. The third-order valence-electron chi connectivity index (χ3n) is 16.5. The Kier molecular flexibility index (Phi) is 9.53. The van der Waals surface area contributed by atoms with Crippen molar-refractivity contribution in [3.8, 4) is 0 Å². The number of para-hydroxylation sites is 3. The van der Waals surface area contributed by atoms with Crippen LogP contribution >= 0.6 is 11.3 Å². The lowest BCUT2D eigenvalue weighted by Crippen LogP contribution is -2.38. The van der Waals surface area contributed by atoms with Gasteiger partial charge in [-0.1, -0.05) is 140 Å². The number of fused-ring (bicyclic) bond motifs is 12. The molecule has 0 aliphatic carbocycles. The molecular formula is C70H44N6S. The molecule has 0 spiro atoms. The number of nitrogens with zero attached hydrogens (tertiary/aromatic N) is 6. The van der Waals surface area contributed by atoms with E-state index in [1.807, 2.05) is 60.9 Å². The highest BCUT2D eigenvalue weighted by molar-refractivity contribution is 7.25. The topological polar surface area (TPSA) is 58.0 Å². The van der Waals surface area contributed by atoms with Crippen LogP contribution in [0.4, 0.5) is 34.1 Å². The standard InChI is InChI=1S/C70H44N6S/c1-3-21-51-49(19-1)55-40-65(76-63-29-11-8-26-59(63)70(47-17-14-34-73-43-47,48-18-15-35-74-44-48)60-38-56-53-23-5-12-30-67(53)77-68(56)41-66(60)76)52-22-4-2-20-50(52)54(55)39-64(51)75-61-27-9-6-24-57(61)69(45-31-36-71-37-32-45,46-16-13-33-72-42-46)58-25-7-10-28-62(58)75/h1-44H. The Labute approximate surface area is 448 Å². The van der Waals surface area contributed by atoms with E-state index < -0.39 is 10.8 Å². The Bertz CT molecular complexity index is 4530. The summed E-state index contributed by atoms with van der Waals surface area (Å²) in [7, 11) is 0. The first-order chi connectivity index (χ1) is 38.2. The van der Waals surface area contributed by atoms with Crippen LogP contribution < -0.4 is 9.80 Å². The number of thiophene rings is 1. The van der Waals surface area contributed by atoms with Gasteiger partial charge in [-0.25, -0.2) is 0 Å². The lowest BCUT2D eigenvalue weighted by Gasteiger charge is -2.46. The first-order valence-corrected chi connectivity index (χ1v) is 26.9. The van der Waals surface area contributed by atoms with E-state index in [9.17, 15) is 0 Å². The molecule has 2 aliphatic heterocycles. The van der Waals surface area contributed by atoms with Crippen molar-refractivity contribution in [2.24, 2.45) is 0 Å². The van der Waals surface area contributed by atoms with Crippen LogP contribution in [-0.2, 0) is 10.8 Å². The van der Waals surface area contributed by atoms with Gasteiger partial charge in [0, 0.05) is 80.5 Å². The summed E-state index contributed by atoms with van der Waals surface area (Å²) < 4.78 is 2.50. The smallest absolute Gasteiger partial charge is 0.0772 e. The second-order valence-corrected chi connectivity index (χ2v) is 21.2. The Hall–Kier alpha value is -9.82. The van der Waals surface area contributed by atoms with Crippen molar-refractivity contribution >= 4 is 98.0 Å². The Morgan fingerprint density at radius 1 is 0.260 bits per heavy atom. The van der Waals surface area contributed by atoms with Gasteiger partial charge in [0.2, 0.25) is 0 Å². The Balaban J connectivity index is 0.992. The normalized spacial score (nSPS) is 14.1. The van der Waals surface area contributed by atoms with Crippen molar-refractivity contribution in [1.29, 1.82) is 0 Å². The van der Waals surface area contributed by atoms with Crippen LogP contribution in [0.3, 0.4) is 0 Å². The first-order valence-electron chi connectivity index (χ1n) is 26.1. The van der Waals surface area contributed by atoms with Crippen LogP contribution in [-0.4, -0.2) is 19.9 Å². The number of anilines is 6. The number of pyridine rings is 4. The molecular weight excluding hydrogens is 957 g/mol. The maximum atomic E-state index is 4.82. The summed E-state index contributed by atoms with van der Waals surface area (Å²) in [6, 6.07) is 80.7. The zero-order valence-corrected chi connectivity index (χ0v) is 42.3. The van der Waals surface area contributed by atoms with E-state index in [4.69, 9.17) is 15.0 Å². The summed E-state index contributed by atoms with van der Waals surface area (Å²) in [5, 5.41) is 9.50. The van der Waals surface area contributed by atoms with Crippen molar-refractivity contribution < 1.29 is 0 Å². The fourth-order valence-electron chi connectivity index (χ4n) is 13.5. The molecule has 0 amide bonds. The monoisotopic (exact) mass is 1000 g/mol. The average Bonchev–Trinajstić information content (AvgIpc) is 4.07. The molecule has 77 heavy (non-hydrogen) atoms. The minimum absolute atomic E-state index is 0.677. The third-order valence-corrected chi connectivity index (χ3v) is 17.6. The van der Waals surface area contributed by atoms with Crippen LogP contribution in [0.2, 0.25) is 0 Å². The van der Waals surface area contributed by atoms with E-state index in [0.717, 1.165) is 72.7 Å². The van der Waals surface area contributed by atoms with Crippen LogP contribution in [0, 0.1) is 0 Å². The van der Waals surface area contributed by atoms with Crippen molar-refractivity contribution in [1.82, 2.24) is 19.9 Å². The molecule has 16 rings (SSSR count). The molecule has 0 N–H and O–H groups in total. The van der Waals surface area contributed by atoms with Crippen molar-refractivity contribution in [3.63, 3.8) is 0 Å². The minimum atomic E-state index is -0.760. The molecule has 7 heterocycles. The molecule has 360 valence electrons. The van der Waals surface area contributed by atoms with E-state index in [-0.39, 0.29) is 0 Å². The van der Waals surface area contributed by atoms with Crippen LogP contribution in [0.1, 0.15) is 44.5 Å². The number of rotatable bonds is 6. The highest BCUT2D eigenvalue weighted by atomic mass is 32.1. The maximum absolute atomic E-state index is 4.82. The van der Waals surface area contributed by atoms with Crippen molar-refractivity contribution in [3.05, 3.63) is 312 Å². The molecule has 6 nitrogen and oxygen atoms in total. The zero-order valence-electron chi connectivity index (χ0n) is 41.5. The molecule has 0 bridgehead atoms. The average molecular weight is 1000 g/mol. The van der Waals surface area contributed by atoms with Gasteiger partial charge in [0.25, 0.3) is 0 Å². The van der Waals surface area contributed by atoms with Gasteiger partial charge in [0.1, 0.15) is 0 Å². The second kappa shape index (κ2) is 16.8. The van der Waals surface area contributed by atoms with Crippen LogP contribution in [0.25, 0.3) is 52.5 Å². The molecule has 2 aliphatic rings. The van der Waals surface area contributed by atoms with E-state index >= 15 is 0 Å². The molecule has 0 unspecified atom stereocenters. The quantitative estimate of drug-likeness (QED) is 0.155. The summed E-state index contributed by atoms with van der Waals surface area (Å²) in [6.45, 7) is 0. The van der Waals surface area contributed by atoms with Gasteiger partial charge in [0.15, 0.2) is 0 Å². The van der Waals surface area contributed by atoms with Gasteiger partial charge in [-0.3, -0.25) is 19.9 Å². The van der Waals surface area contributed by atoms with Crippen LogP contribution in [0.15, 0.2) is 268 Å². The number of benzene rings is 9. The number of hydrogen-bond donors (Lipinski definition) is 0. The van der Waals surface area contributed by atoms with E-state index in [0.29, 0.717) is 0 Å². The highest BCUT2D eigenvalue weighted by Crippen LogP contribution is 2.62. The molecule has 9 aromatic carbocycles. The van der Waals surface area contributed by atoms with E-state index in [1.165, 1.54) is 58.4 Å². The van der Waals surface area contributed by atoms with E-state index in [2.05, 4.69) is 233 Å². The highest BCUT2D eigenvalue weighted by Gasteiger charge is 2.49. The lowest BCUT2D eigenvalue weighted by molar-refractivity contribution is 0.724. The second-order valence-electron chi connectivity index (χ2n) is 20.1. The molecule has 0 atom stereocenters. The Morgan fingerprint density at radius 3 is 1.18 bits per heavy atom. The van der Waals surface area contributed by atoms with Crippen molar-refractivity contribution in [2.75, 3.05) is 9.80 Å².